The third kappa shape index (κ3) is 6.80. The van der Waals surface area contributed by atoms with Gasteiger partial charge >= 0.3 is 5.97 Å². The van der Waals surface area contributed by atoms with Gasteiger partial charge in [0.1, 0.15) is 0 Å². The molecule has 0 bridgehead atoms. The van der Waals surface area contributed by atoms with Gasteiger partial charge in [0.2, 0.25) is 0 Å². The van der Waals surface area contributed by atoms with E-state index in [4.69, 9.17) is 10.3 Å². The lowest BCUT2D eigenvalue weighted by Crippen LogP contribution is -2.27. The Bertz CT molecular complexity index is 1040. The summed E-state index contributed by atoms with van der Waals surface area (Å²) in [4.78, 5) is 27.6. The Morgan fingerprint density at radius 3 is 2.58 bits per heavy atom. The molecule has 0 unspecified atom stereocenters. The number of rotatable bonds is 11. The minimum absolute atomic E-state index is 0.153. The Kier molecular flexibility index (Phi) is 7.98. The number of nitrogens with one attached hydrogen (secondary N) is 2. The molecule has 0 aliphatic heterocycles. The Hall–Kier alpha value is -3.42. The van der Waals surface area contributed by atoms with Crippen molar-refractivity contribution < 1.29 is 19.9 Å². The van der Waals surface area contributed by atoms with Crippen LogP contribution in [0.1, 0.15) is 29.5 Å². The molecule has 2 aromatic carbocycles. The van der Waals surface area contributed by atoms with E-state index in [2.05, 4.69) is 22.0 Å². The normalized spacial score (nSPS) is 11.4. The number of fused-ring (bicyclic) bond motifs is 1. The number of carboxylic acid groups (broad SMARTS) is 1. The number of aromatic amines is 1. The molecule has 0 aliphatic rings. The molecule has 0 saturated carbocycles. The highest BCUT2D eigenvalue weighted by Crippen LogP contribution is 2.19. The number of aliphatic carboxylic acids is 1. The van der Waals surface area contributed by atoms with Gasteiger partial charge in [0.05, 0.1) is 0 Å². The molecule has 0 radical (unpaired) electrons. The molecule has 7 nitrogen and oxygen atoms in total. The number of para-hydroxylation sites is 1. The standard InChI is InChI=1S/C24H27N3O4/c28-23(26-31)12-11-18-7-9-19(10-8-18)17-27(14-3-6-24(29)30)15-13-20-16-25-22-5-2-1-4-21(20)22/h1-2,4-5,7-12,16,25,31H,3,6,13-15,17H2,(H,26,28)(H,29,30). The molecule has 0 saturated heterocycles. The van der Waals surface area contributed by atoms with Crippen LogP contribution in [0.3, 0.4) is 0 Å². The van der Waals surface area contributed by atoms with Crippen molar-refractivity contribution in [1.82, 2.24) is 15.4 Å². The molecular formula is C24H27N3O4. The van der Waals surface area contributed by atoms with Crippen LogP contribution < -0.4 is 5.48 Å². The third-order valence-electron chi connectivity index (χ3n) is 5.16. The van der Waals surface area contributed by atoms with Crippen molar-refractivity contribution in [3.63, 3.8) is 0 Å². The lowest BCUT2D eigenvalue weighted by atomic mass is 10.1. The number of carbonyl (C=O) groups is 2. The minimum Gasteiger partial charge on any atom is -0.481 e. The predicted molar refractivity (Wildman–Crippen MR) is 120 cm³/mol. The maximum absolute atomic E-state index is 11.1. The monoisotopic (exact) mass is 421 g/mol. The zero-order valence-electron chi connectivity index (χ0n) is 17.3. The van der Waals surface area contributed by atoms with Crippen molar-refractivity contribution in [2.75, 3.05) is 13.1 Å². The smallest absolute Gasteiger partial charge is 0.303 e. The first-order valence-electron chi connectivity index (χ1n) is 10.3. The highest BCUT2D eigenvalue weighted by Gasteiger charge is 2.10. The van der Waals surface area contributed by atoms with Crippen LogP contribution in [-0.4, -0.2) is 45.2 Å². The fraction of sp³-hybridized carbons (Fsp3) is 0.250. The van der Waals surface area contributed by atoms with Gasteiger partial charge in [0, 0.05) is 42.7 Å². The van der Waals surface area contributed by atoms with Crippen LogP contribution in [0.5, 0.6) is 0 Å². The van der Waals surface area contributed by atoms with E-state index in [9.17, 15) is 9.59 Å². The van der Waals surface area contributed by atoms with Gasteiger partial charge in [0.15, 0.2) is 0 Å². The van der Waals surface area contributed by atoms with Crippen molar-refractivity contribution in [1.29, 1.82) is 0 Å². The molecule has 3 rings (SSSR count). The van der Waals surface area contributed by atoms with Crippen molar-refractivity contribution >= 4 is 28.9 Å². The lowest BCUT2D eigenvalue weighted by Gasteiger charge is -2.22. The van der Waals surface area contributed by atoms with E-state index in [1.165, 1.54) is 17.0 Å². The zero-order valence-corrected chi connectivity index (χ0v) is 17.3. The van der Waals surface area contributed by atoms with E-state index in [0.717, 1.165) is 29.6 Å². The Morgan fingerprint density at radius 1 is 1.06 bits per heavy atom. The van der Waals surface area contributed by atoms with Crippen LogP contribution in [0.15, 0.2) is 60.8 Å². The van der Waals surface area contributed by atoms with Gasteiger partial charge in [0.25, 0.3) is 5.91 Å². The van der Waals surface area contributed by atoms with Crippen molar-refractivity contribution in [3.05, 3.63) is 77.5 Å². The van der Waals surface area contributed by atoms with Crippen LogP contribution in [0.4, 0.5) is 0 Å². The number of carbonyl (C=O) groups excluding carboxylic acids is 1. The van der Waals surface area contributed by atoms with Gasteiger partial charge in [-0.05, 0) is 48.2 Å². The average Bonchev–Trinajstić information content (AvgIpc) is 3.19. The molecule has 3 aromatic rings. The second-order valence-electron chi connectivity index (χ2n) is 7.43. The van der Waals surface area contributed by atoms with Crippen LogP contribution in [0, 0.1) is 0 Å². The van der Waals surface area contributed by atoms with Gasteiger partial charge in [-0.3, -0.25) is 19.7 Å². The quantitative estimate of drug-likeness (QED) is 0.215. The van der Waals surface area contributed by atoms with Crippen LogP contribution >= 0.6 is 0 Å². The minimum atomic E-state index is -0.778. The molecule has 162 valence electrons. The third-order valence-corrected chi connectivity index (χ3v) is 5.16. The molecule has 1 aromatic heterocycles. The Labute approximate surface area is 181 Å². The topological polar surface area (TPSA) is 106 Å². The van der Waals surface area contributed by atoms with E-state index < -0.39 is 11.9 Å². The number of hydroxylamine groups is 1. The summed E-state index contributed by atoms with van der Waals surface area (Å²) in [6, 6.07) is 16.0. The average molecular weight is 421 g/mol. The molecule has 1 amide bonds. The second-order valence-corrected chi connectivity index (χ2v) is 7.43. The van der Waals surface area contributed by atoms with Gasteiger partial charge in [-0.2, -0.15) is 0 Å². The fourth-order valence-electron chi connectivity index (χ4n) is 3.54. The predicted octanol–water partition coefficient (Wildman–Crippen LogP) is 3.60. The summed E-state index contributed by atoms with van der Waals surface area (Å²) < 4.78 is 0. The number of H-pyrrole nitrogens is 1. The first-order valence-corrected chi connectivity index (χ1v) is 10.3. The number of carboxylic acids is 1. The van der Waals surface area contributed by atoms with Crippen molar-refractivity contribution in [3.8, 4) is 0 Å². The van der Waals surface area contributed by atoms with Gasteiger partial charge in [-0.1, -0.05) is 42.5 Å². The molecule has 4 N–H and O–H groups in total. The van der Waals surface area contributed by atoms with Crippen LogP contribution in [0.2, 0.25) is 0 Å². The first kappa shape index (κ1) is 22.3. The summed E-state index contributed by atoms with van der Waals surface area (Å²) in [5.41, 5.74) is 5.89. The maximum Gasteiger partial charge on any atom is 0.303 e. The maximum atomic E-state index is 11.1. The van der Waals surface area contributed by atoms with Gasteiger partial charge < -0.3 is 10.1 Å². The summed E-state index contributed by atoms with van der Waals surface area (Å²) in [6.07, 6.45) is 6.55. The summed E-state index contributed by atoms with van der Waals surface area (Å²) in [5.74, 6) is -1.36. The van der Waals surface area contributed by atoms with Crippen molar-refractivity contribution in [2.24, 2.45) is 0 Å². The van der Waals surface area contributed by atoms with Gasteiger partial charge in [-0.15, -0.1) is 0 Å². The highest BCUT2D eigenvalue weighted by atomic mass is 16.5. The number of nitrogens with zero attached hydrogens (tertiary/aromatic N) is 1. The van der Waals surface area contributed by atoms with Crippen molar-refractivity contribution in [2.45, 2.75) is 25.8 Å². The Balaban J connectivity index is 1.64. The largest absolute Gasteiger partial charge is 0.481 e. The summed E-state index contributed by atoms with van der Waals surface area (Å²) in [7, 11) is 0. The number of hydrogen-bond donors (Lipinski definition) is 4. The zero-order chi connectivity index (χ0) is 22.1. The van der Waals surface area contributed by atoms with E-state index in [-0.39, 0.29) is 6.42 Å². The summed E-state index contributed by atoms with van der Waals surface area (Å²) >= 11 is 0. The SMILES string of the molecule is O=C(O)CCCN(CCc1c[nH]c2ccccc12)Cc1ccc(C=CC(=O)NO)cc1. The fourth-order valence-corrected chi connectivity index (χ4v) is 3.54. The van der Waals surface area contributed by atoms with Gasteiger partial charge in [-0.25, -0.2) is 5.48 Å². The Morgan fingerprint density at radius 2 is 1.84 bits per heavy atom. The molecule has 1 heterocycles. The molecule has 0 atom stereocenters. The van der Waals surface area contributed by atoms with Crippen LogP contribution in [-0.2, 0) is 22.6 Å². The molecular weight excluding hydrogens is 394 g/mol. The molecule has 0 aliphatic carbocycles. The van der Waals surface area contributed by atoms with E-state index >= 15 is 0 Å². The molecule has 7 heteroatoms. The first-order chi connectivity index (χ1) is 15.0. The summed E-state index contributed by atoms with van der Waals surface area (Å²) in [6.45, 7) is 2.23. The molecule has 0 spiro atoms. The van der Waals surface area contributed by atoms with E-state index in [0.29, 0.717) is 19.5 Å². The molecule has 0 fully saturated rings. The number of hydrogen-bond acceptors (Lipinski definition) is 4. The van der Waals surface area contributed by atoms with Crippen LogP contribution in [0.25, 0.3) is 17.0 Å². The number of benzene rings is 2. The van der Waals surface area contributed by atoms with E-state index in [1.807, 2.05) is 42.6 Å². The lowest BCUT2D eigenvalue weighted by molar-refractivity contribution is -0.137. The number of amides is 1. The summed E-state index contributed by atoms with van der Waals surface area (Å²) in [5, 5.41) is 18.7. The molecule has 31 heavy (non-hydrogen) atoms. The van der Waals surface area contributed by atoms with E-state index in [1.54, 1.807) is 11.6 Å². The second kappa shape index (κ2) is 11.1. The highest BCUT2D eigenvalue weighted by molar-refractivity contribution is 5.90. The number of aromatic nitrogens is 1.